The molecular weight excluding hydrogens is 354 g/mol. The van der Waals surface area contributed by atoms with Gasteiger partial charge in [0.2, 0.25) is 11.8 Å². The first-order valence-electron chi connectivity index (χ1n) is 10.3. The number of nitrogens with two attached hydrogens (primary N) is 1. The van der Waals surface area contributed by atoms with Gasteiger partial charge in [0.1, 0.15) is 11.3 Å². The Morgan fingerprint density at radius 1 is 1.11 bits per heavy atom. The maximum absolute atomic E-state index is 13.1. The molecule has 1 aromatic rings. The molecule has 4 aliphatic rings. The number of hydrogen-bond donors (Lipinski definition) is 3. The number of anilines is 1. The van der Waals surface area contributed by atoms with Crippen molar-refractivity contribution in [2.24, 2.45) is 28.9 Å². The number of benzene rings is 1. The van der Waals surface area contributed by atoms with E-state index in [1.54, 1.807) is 7.11 Å². The number of primary amides is 1. The molecule has 2 unspecified atom stereocenters. The van der Waals surface area contributed by atoms with Crippen LogP contribution in [-0.4, -0.2) is 30.5 Å². The second-order valence-corrected chi connectivity index (χ2v) is 9.59. The minimum atomic E-state index is -0.745. The summed E-state index contributed by atoms with van der Waals surface area (Å²) in [6, 6.07) is 7.71. The summed E-state index contributed by atoms with van der Waals surface area (Å²) in [6.07, 6.45) is 4.80. The van der Waals surface area contributed by atoms with E-state index in [-0.39, 0.29) is 23.3 Å². The van der Waals surface area contributed by atoms with Crippen molar-refractivity contribution in [1.82, 2.24) is 5.32 Å². The first-order chi connectivity index (χ1) is 13.2. The van der Waals surface area contributed by atoms with E-state index in [2.05, 4.69) is 10.6 Å². The van der Waals surface area contributed by atoms with Crippen molar-refractivity contribution in [3.8, 4) is 5.75 Å². The zero-order chi connectivity index (χ0) is 20.1. The van der Waals surface area contributed by atoms with Gasteiger partial charge in [0.15, 0.2) is 0 Å². The van der Waals surface area contributed by atoms with E-state index < -0.39 is 5.54 Å². The standard InChI is InChI=1S/C22H31N3O3/c1-21(2,25-16-4-6-17(28-3)7-5-16)20(27)24-18-14-8-13-9-15(18)12-22(10-13,11-14)19(23)26/h4-7,13-15,18,25H,8-12H2,1-3H3,(H2,23,26)(H,24,27). The summed E-state index contributed by atoms with van der Waals surface area (Å²) in [7, 11) is 1.63. The van der Waals surface area contributed by atoms with Crippen molar-refractivity contribution in [2.45, 2.75) is 57.5 Å². The lowest BCUT2D eigenvalue weighted by molar-refractivity contribution is -0.147. The molecule has 4 fully saturated rings. The van der Waals surface area contributed by atoms with Crippen molar-refractivity contribution in [1.29, 1.82) is 0 Å². The fraction of sp³-hybridized carbons (Fsp3) is 0.636. The van der Waals surface area contributed by atoms with Crippen molar-refractivity contribution >= 4 is 17.5 Å². The molecule has 4 aliphatic carbocycles. The van der Waals surface area contributed by atoms with Gasteiger partial charge in [0, 0.05) is 17.1 Å². The van der Waals surface area contributed by atoms with Crippen LogP contribution in [-0.2, 0) is 9.59 Å². The van der Waals surface area contributed by atoms with Gasteiger partial charge in [-0.3, -0.25) is 9.59 Å². The normalized spacial score (nSPS) is 33.4. The van der Waals surface area contributed by atoms with Crippen LogP contribution in [0.2, 0.25) is 0 Å². The lowest BCUT2D eigenvalue weighted by atomic mass is 9.47. The van der Waals surface area contributed by atoms with E-state index in [9.17, 15) is 9.59 Å². The molecule has 0 heterocycles. The number of amides is 2. The van der Waals surface area contributed by atoms with E-state index >= 15 is 0 Å². The van der Waals surface area contributed by atoms with Crippen LogP contribution in [0.15, 0.2) is 24.3 Å². The Hall–Kier alpha value is -2.24. The lowest BCUT2D eigenvalue weighted by Gasteiger charge is -2.59. The van der Waals surface area contributed by atoms with Gasteiger partial charge in [-0.1, -0.05) is 0 Å². The molecule has 0 radical (unpaired) electrons. The Morgan fingerprint density at radius 2 is 1.71 bits per heavy atom. The van der Waals surface area contributed by atoms with Crippen molar-refractivity contribution in [2.75, 3.05) is 12.4 Å². The first-order valence-corrected chi connectivity index (χ1v) is 10.3. The molecule has 2 atom stereocenters. The van der Waals surface area contributed by atoms with E-state index in [0.29, 0.717) is 17.8 Å². The van der Waals surface area contributed by atoms with Gasteiger partial charge in [-0.05, 0) is 88.0 Å². The molecule has 28 heavy (non-hydrogen) atoms. The molecule has 5 rings (SSSR count). The number of carbonyl (C=O) groups is 2. The highest BCUT2D eigenvalue weighted by atomic mass is 16.5. The molecule has 0 aliphatic heterocycles. The molecule has 1 aromatic carbocycles. The zero-order valence-corrected chi connectivity index (χ0v) is 17.0. The summed E-state index contributed by atoms with van der Waals surface area (Å²) in [6.45, 7) is 3.79. The van der Waals surface area contributed by atoms with Gasteiger partial charge >= 0.3 is 0 Å². The molecular formula is C22H31N3O3. The maximum atomic E-state index is 13.1. The fourth-order valence-electron chi connectivity index (χ4n) is 5.99. The van der Waals surface area contributed by atoms with Crippen LogP contribution >= 0.6 is 0 Å². The van der Waals surface area contributed by atoms with Crippen LogP contribution in [0.25, 0.3) is 0 Å². The van der Waals surface area contributed by atoms with Crippen LogP contribution in [0.4, 0.5) is 5.69 Å². The van der Waals surface area contributed by atoms with Crippen molar-refractivity contribution < 1.29 is 14.3 Å². The topological polar surface area (TPSA) is 93.4 Å². The van der Waals surface area contributed by atoms with Crippen LogP contribution in [0.3, 0.4) is 0 Å². The zero-order valence-electron chi connectivity index (χ0n) is 17.0. The predicted molar refractivity (Wildman–Crippen MR) is 108 cm³/mol. The van der Waals surface area contributed by atoms with Gasteiger partial charge in [-0.25, -0.2) is 0 Å². The number of nitrogens with one attached hydrogen (secondary N) is 2. The van der Waals surface area contributed by atoms with Gasteiger partial charge in [-0.15, -0.1) is 0 Å². The second kappa shape index (κ2) is 6.68. The molecule has 4 N–H and O–H groups in total. The molecule has 4 bridgehead atoms. The van der Waals surface area contributed by atoms with Gasteiger partial charge < -0.3 is 21.1 Å². The van der Waals surface area contributed by atoms with E-state index in [0.717, 1.165) is 43.5 Å². The summed E-state index contributed by atoms with van der Waals surface area (Å²) in [5.41, 5.74) is 5.57. The van der Waals surface area contributed by atoms with E-state index in [1.807, 2.05) is 38.1 Å². The molecule has 6 nitrogen and oxygen atoms in total. The minimum absolute atomic E-state index is 0.00563. The number of rotatable bonds is 6. The van der Waals surface area contributed by atoms with Crippen LogP contribution < -0.4 is 21.1 Å². The van der Waals surface area contributed by atoms with Gasteiger partial charge in [0.25, 0.3) is 0 Å². The summed E-state index contributed by atoms with van der Waals surface area (Å²) in [5, 5.41) is 6.65. The first kappa shape index (κ1) is 19.1. The third-order valence-electron chi connectivity index (χ3n) is 7.21. The van der Waals surface area contributed by atoms with Gasteiger partial charge in [-0.2, -0.15) is 0 Å². The monoisotopic (exact) mass is 385 g/mol. The van der Waals surface area contributed by atoms with E-state index in [1.165, 1.54) is 0 Å². The predicted octanol–water partition coefficient (Wildman–Crippen LogP) is 2.68. The molecule has 0 saturated heterocycles. The molecule has 152 valence electrons. The minimum Gasteiger partial charge on any atom is -0.497 e. The Balaban J connectivity index is 1.44. The number of ether oxygens (including phenoxy) is 1. The Kier molecular flexibility index (Phi) is 4.55. The fourth-order valence-corrected chi connectivity index (χ4v) is 5.99. The van der Waals surface area contributed by atoms with Crippen molar-refractivity contribution in [3.05, 3.63) is 24.3 Å². The number of carbonyl (C=O) groups excluding carboxylic acids is 2. The molecule has 0 spiro atoms. The highest BCUT2D eigenvalue weighted by molar-refractivity contribution is 5.89. The van der Waals surface area contributed by atoms with Crippen LogP contribution in [0.1, 0.15) is 46.0 Å². The highest BCUT2D eigenvalue weighted by Crippen LogP contribution is 2.59. The second-order valence-electron chi connectivity index (χ2n) is 9.59. The Bertz CT molecular complexity index is 758. The smallest absolute Gasteiger partial charge is 0.245 e. The average Bonchev–Trinajstić information content (AvgIpc) is 2.64. The molecule has 0 aromatic heterocycles. The third-order valence-corrected chi connectivity index (χ3v) is 7.21. The largest absolute Gasteiger partial charge is 0.497 e. The SMILES string of the molecule is COc1ccc(NC(C)(C)C(=O)NC2C3CC4CC2CC(C(N)=O)(C4)C3)cc1. The van der Waals surface area contributed by atoms with Crippen molar-refractivity contribution in [3.63, 3.8) is 0 Å². The Labute approximate surface area is 166 Å². The number of methoxy groups -OCH3 is 1. The summed E-state index contributed by atoms with van der Waals surface area (Å²) >= 11 is 0. The quantitative estimate of drug-likeness (QED) is 0.702. The number of hydrogen-bond acceptors (Lipinski definition) is 4. The van der Waals surface area contributed by atoms with Crippen LogP contribution in [0, 0.1) is 23.2 Å². The summed E-state index contributed by atoms with van der Waals surface area (Å²) in [4.78, 5) is 25.2. The van der Waals surface area contributed by atoms with E-state index in [4.69, 9.17) is 10.5 Å². The molecule has 4 saturated carbocycles. The average molecular weight is 386 g/mol. The molecule has 2 amide bonds. The third kappa shape index (κ3) is 3.23. The Morgan fingerprint density at radius 3 is 2.25 bits per heavy atom. The summed E-state index contributed by atoms with van der Waals surface area (Å²) < 4.78 is 5.19. The maximum Gasteiger partial charge on any atom is 0.245 e. The van der Waals surface area contributed by atoms with Gasteiger partial charge in [0.05, 0.1) is 7.11 Å². The molecule has 6 heteroatoms. The van der Waals surface area contributed by atoms with Crippen LogP contribution in [0.5, 0.6) is 5.75 Å². The summed E-state index contributed by atoms with van der Waals surface area (Å²) in [5.74, 6) is 1.94. The highest BCUT2D eigenvalue weighted by Gasteiger charge is 2.58. The lowest BCUT2D eigenvalue weighted by Crippen LogP contribution is -2.64.